The van der Waals surface area contributed by atoms with Gasteiger partial charge in [0.15, 0.2) is 0 Å². The van der Waals surface area contributed by atoms with E-state index in [4.69, 9.17) is 5.73 Å². The summed E-state index contributed by atoms with van der Waals surface area (Å²) in [5.74, 6) is -1.87. The SMILES string of the molecule is NCCCCCC(=O)NCC1CN(CCCc2ccccc2)C(=O)C1CC(=O)O. The summed E-state index contributed by atoms with van der Waals surface area (Å²) < 4.78 is 0. The Bertz CT molecular complexity index is 665. The van der Waals surface area contributed by atoms with Gasteiger partial charge in [-0.1, -0.05) is 36.8 Å². The number of amides is 2. The number of unbranched alkanes of at least 4 members (excludes halogenated alkanes) is 2. The van der Waals surface area contributed by atoms with E-state index in [0.29, 0.717) is 32.6 Å². The second-order valence-electron chi connectivity index (χ2n) is 7.74. The van der Waals surface area contributed by atoms with Crippen LogP contribution in [-0.2, 0) is 20.8 Å². The molecule has 1 saturated heterocycles. The Morgan fingerprint density at radius 3 is 2.59 bits per heavy atom. The molecule has 7 nitrogen and oxygen atoms in total. The van der Waals surface area contributed by atoms with Gasteiger partial charge in [-0.25, -0.2) is 0 Å². The minimum atomic E-state index is -0.979. The highest BCUT2D eigenvalue weighted by atomic mass is 16.4. The number of nitrogens with one attached hydrogen (secondary N) is 1. The van der Waals surface area contributed by atoms with E-state index in [1.165, 1.54) is 5.56 Å². The van der Waals surface area contributed by atoms with E-state index in [1.54, 1.807) is 4.90 Å². The van der Waals surface area contributed by atoms with Crippen LogP contribution >= 0.6 is 0 Å². The van der Waals surface area contributed by atoms with E-state index < -0.39 is 11.9 Å². The maximum absolute atomic E-state index is 12.7. The zero-order valence-electron chi connectivity index (χ0n) is 17.0. The number of aryl methyl sites for hydroxylation is 1. The number of nitrogens with two attached hydrogens (primary N) is 1. The molecule has 7 heteroatoms. The molecule has 0 aromatic heterocycles. The fraction of sp³-hybridized carbons (Fsp3) is 0.591. The summed E-state index contributed by atoms with van der Waals surface area (Å²) in [7, 11) is 0. The lowest BCUT2D eigenvalue weighted by Crippen LogP contribution is -2.33. The van der Waals surface area contributed by atoms with Crippen molar-refractivity contribution < 1.29 is 19.5 Å². The third kappa shape index (κ3) is 7.85. The van der Waals surface area contributed by atoms with Crippen LogP contribution in [0.3, 0.4) is 0 Å². The van der Waals surface area contributed by atoms with Crippen molar-refractivity contribution in [2.24, 2.45) is 17.6 Å². The molecule has 1 aromatic carbocycles. The van der Waals surface area contributed by atoms with Crippen LogP contribution in [0.1, 0.15) is 44.1 Å². The van der Waals surface area contributed by atoms with Gasteiger partial charge in [0.25, 0.3) is 0 Å². The molecular formula is C22H33N3O4. The Labute approximate surface area is 172 Å². The fourth-order valence-corrected chi connectivity index (χ4v) is 3.85. The molecule has 1 heterocycles. The molecule has 2 amide bonds. The largest absolute Gasteiger partial charge is 0.481 e. The summed E-state index contributed by atoms with van der Waals surface area (Å²) in [6, 6.07) is 10.1. The Morgan fingerprint density at radius 1 is 1.14 bits per heavy atom. The molecule has 1 fully saturated rings. The van der Waals surface area contributed by atoms with Crippen molar-refractivity contribution in [3.63, 3.8) is 0 Å². The van der Waals surface area contributed by atoms with Crippen LogP contribution in [0, 0.1) is 11.8 Å². The lowest BCUT2D eigenvalue weighted by Gasteiger charge is -2.17. The maximum atomic E-state index is 12.7. The van der Waals surface area contributed by atoms with Gasteiger partial charge in [-0.3, -0.25) is 14.4 Å². The van der Waals surface area contributed by atoms with E-state index in [0.717, 1.165) is 32.1 Å². The molecule has 2 rings (SSSR count). The third-order valence-electron chi connectivity index (χ3n) is 5.45. The summed E-state index contributed by atoms with van der Waals surface area (Å²) in [6.07, 6.45) is 4.56. The number of carbonyl (C=O) groups excluding carboxylic acids is 2. The molecule has 4 N–H and O–H groups in total. The molecule has 29 heavy (non-hydrogen) atoms. The quantitative estimate of drug-likeness (QED) is 0.435. The van der Waals surface area contributed by atoms with Crippen molar-refractivity contribution in [2.75, 3.05) is 26.2 Å². The molecule has 0 spiro atoms. The second kappa shape index (κ2) is 12.2. The van der Waals surface area contributed by atoms with Crippen molar-refractivity contribution in [3.05, 3.63) is 35.9 Å². The Kier molecular flexibility index (Phi) is 9.64. The number of likely N-dealkylation sites (tertiary alicyclic amines) is 1. The molecule has 2 atom stereocenters. The third-order valence-corrected chi connectivity index (χ3v) is 5.45. The number of carboxylic acids is 1. The Morgan fingerprint density at radius 2 is 1.90 bits per heavy atom. The van der Waals surface area contributed by atoms with E-state index in [2.05, 4.69) is 17.4 Å². The van der Waals surface area contributed by atoms with Crippen LogP contribution in [0.15, 0.2) is 30.3 Å². The van der Waals surface area contributed by atoms with Gasteiger partial charge in [0.2, 0.25) is 11.8 Å². The van der Waals surface area contributed by atoms with Crippen molar-refractivity contribution in [1.29, 1.82) is 0 Å². The van der Waals surface area contributed by atoms with Crippen LogP contribution in [0.25, 0.3) is 0 Å². The number of rotatable bonds is 13. The topological polar surface area (TPSA) is 113 Å². The van der Waals surface area contributed by atoms with Gasteiger partial charge in [0.05, 0.1) is 12.3 Å². The summed E-state index contributed by atoms with van der Waals surface area (Å²) in [5.41, 5.74) is 6.67. The molecule has 1 aromatic rings. The number of aliphatic carboxylic acids is 1. The molecule has 0 bridgehead atoms. The number of carboxylic acid groups (broad SMARTS) is 1. The highest BCUT2D eigenvalue weighted by Crippen LogP contribution is 2.28. The maximum Gasteiger partial charge on any atom is 0.304 e. The van der Waals surface area contributed by atoms with E-state index in [1.807, 2.05) is 18.2 Å². The first kappa shape index (κ1) is 22.9. The Balaban J connectivity index is 1.82. The van der Waals surface area contributed by atoms with Crippen molar-refractivity contribution in [2.45, 2.75) is 44.9 Å². The van der Waals surface area contributed by atoms with Crippen molar-refractivity contribution in [3.8, 4) is 0 Å². The molecule has 0 radical (unpaired) electrons. The predicted octanol–water partition coefficient (Wildman–Crippen LogP) is 1.80. The van der Waals surface area contributed by atoms with Gasteiger partial charge < -0.3 is 21.1 Å². The standard InChI is InChI=1S/C22H33N3O4/c23-12-6-2-5-11-20(26)24-15-18-16-25(22(29)19(18)14-21(27)28)13-7-10-17-8-3-1-4-9-17/h1,3-4,8-9,18-19H,2,5-7,10-16,23H2,(H,24,26)(H,27,28). The summed E-state index contributed by atoms with van der Waals surface area (Å²) in [5, 5.41) is 12.1. The summed E-state index contributed by atoms with van der Waals surface area (Å²) in [4.78, 5) is 37.7. The monoisotopic (exact) mass is 403 g/mol. The number of carbonyl (C=O) groups is 3. The Hall–Kier alpha value is -2.41. The average Bonchev–Trinajstić information content (AvgIpc) is 2.99. The molecule has 160 valence electrons. The number of hydrogen-bond donors (Lipinski definition) is 3. The van der Waals surface area contributed by atoms with E-state index in [9.17, 15) is 19.5 Å². The number of hydrogen-bond acceptors (Lipinski definition) is 4. The minimum absolute atomic E-state index is 0.0499. The number of benzene rings is 1. The molecule has 2 unspecified atom stereocenters. The van der Waals surface area contributed by atoms with Gasteiger partial charge in [-0.05, 0) is 37.8 Å². The van der Waals surface area contributed by atoms with Crippen LogP contribution in [-0.4, -0.2) is 54.0 Å². The van der Waals surface area contributed by atoms with Crippen LogP contribution < -0.4 is 11.1 Å². The first-order chi connectivity index (χ1) is 14.0. The van der Waals surface area contributed by atoms with Gasteiger partial charge in [0.1, 0.15) is 0 Å². The smallest absolute Gasteiger partial charge is 0.304 e. The predicted molar refractivity (Wildman–Crippen MR) is 111 cm³/mol. The average molecular weight is 404 g/mol. The van der Waals surface area contributed by atoms with E-state index in [-0.39, 0.29) is 24.2 Å². The molecule has 0 saturated carbocycles. The van der Waals surface area contributed by atoms with Crippen molar-refractivity contribution in [1.82, 2.24) is 10.2 Å². The molecule has 0 aliphatic carbocycles. The highest BCUT2D eigenvalue weighted by Gasteiger charge is 2.41. The molecular weight excluding hydrogens is 370 g/mol. The first-order valence-electron chi connectivity index (χ1n) is 10.5. The van der Waals surface area contributed by atoms with Crippen molar-refractivity contribution >= 4 is 17.8 Å². The van der Waals surface area contributed by atoms with Gasteiger partial charge in [-0.2, -0.15) is 0 Å². The zero-order chi connectivity index (χ0) is 21.1. The normalized spacial score (nSPS) is 18.8. The summed E-state index contributed by atoms with van der Waals surface area (Å²) in [6.45, 7) is 2.07. The van der Waals surface area contributed by atoms with Gasteiger partial charge >= 0.3 is 5.97 Å². The number of nitrogens with zero attached hydrogens (tertiary/aromatic N) is 1. The van der Waals surface area contributed by atoms with Crippen LogP contribution in [0.4, 0.5) is 0 Å². The minimum Gasteiger partial charge on any atom is -0.481 e. The second-order valence-corrected chi connectivity index (χ2v) is 7.74. The highest BCUT2D eigenvalue weighted by molar-refractivity contribution is 5.85. The van der Waals surface area contributed by atoms with Gasteiger partial charge in [0, 0.05) is 32.0 Å². The fourth-order valence-electron chi connectivity index (χ4n) is 3.85. The molecule has 1 aliphatic heterocycles. The van der Waals surface area contributed by atoms with Gasteiger partial charge in [-0.15, -0.1) is 0 Å². The van der Waals surface area contributed by atoms with E-state index >= 15 is 0 Å². The molecule has 1 aliphatic rings. The van der Waals surface area contributed by atoms with Crippen LogP contribution in [0.2, 0.25) is 0 Å². The lowest BCUT2D eigenvalue weighted by atomic mass is 9.92. The van der Waals surface area contributed by atoms with Crippen LogP contribution in [0.5, 0.6) is 0 Å². The summed E-state index contributed by atoms with van der Waals surface area (Å²) >= 11 is 0. The zero-order valence-corrected chi connectivity index (χ0v) is 17.0. The lowest BCUT2D eigenvalue weighted by molar-refractivity contribution is -0.142. The first-order valence-corrected chi connectivity index (χ1v) is 10.5.